The van der Waals surface area contributed by atoms with Crippen LogP contribution in [0.1, 0.15) is 25.0 Å². The summed E-state index contributed by atoms with van der Waals surface area (Å²) in [5.74, 6) is 7.14. The number of nitrogens with zero attached hydrogens (tertiary/aromatic N) is 2. The summed E-state index contributed by atoms with van der Waals surface area (Å²) in [6, 6.07) is 46.7. The van der Waals surface area contributed by atoms with Gasteiger partial charge in [0.2, 0.25) is 0 Å². The monoisotopic (exact) mass is 843 g/mol. The predicted molar refractivity (Wildman–Crippen MR) is 191 cm³/mol. The van der Waals surface area contributed by atoms with Crippen molar-refractivity contribution in [3.63, 3.8) is 0 Å². The van der Waals surface area contributed by atoms with E-state index < -0.39 is 13.3 Å². The van der Waals surface area contributed by atoms with E-state index in [0.717, 1.165) is 22.5 Å². The summed E-state index contributed by atoms with van der Waals surface area (Å²) in [6.45, 7) is 4.54. The zero-order valence-electron chi connectivity index (χ0n) is 26.3. The second kappa shape index (κ2) is 13.9. The van der Waals surface area contributed by atoms with Crippen molar-refractivity contribution in [2.24, 2.45) is 0 Å². The average molecular weight is 842 g/mol. The molecule has 0 spiro atoms. The third-order valence-electron chi connectivity index (χ3n) is 8.19. The first-order valence-corrected chi connectivity index (χ1v) is 23.2. The number of rotatable bonds is 5. The summed E-state index contributed by atoms with van der Waals surface area (Å²) in [6.07, 6.45) is 3.96. The Morgan fingerprint density at radius 3 is 2.13 bits per heavy atom. The van der Waals surface area contributed by atoms with Crippen LogP contribution < -0.4 is 4.40 Å². The first kappa shape index (κ1) is 33.0. The van der Waals surface area contributed by atoms with Crippen molar-refractivity contribution < 1.29 is 20.1 Å². The molecular formula is C40H36GeIrN2S-2. The Bertz CT molecular complexity index is 2010. The third-order valence-corrected chi connectivity index (χ3v) is 13.6. The van der Waals surface area contributed by atoms with Crippen molar-refractivity contribution in [2.45, 2.75) is 36.5 Å². The molecule has 4 aromatic carbocycles. The van der Waals surface area contributed by atoms with Crippen LogP contribution in [0.25, 0.3) is 42.7 Å². The molecule has 5 heteroatoms. The van der Waals surface area contributed by atoms with E-state index in [0.29, 0.717) is 0 Å². The number of benzene rings is 4. The fourth-order valence-electron chi connectivity index (χ4n) is 5.41. The first-order valence-electron chi connectivity index (χ1n) is 15.0. The van der Waals surface area contributed by atoms with Gasteiger partial charge < -0.3 is 4.98 Å². The number of hydrogen-bond donors (Lipinski definition) is 0. The second-order valence-electron chi connectivity index (χ2n) is 12.6. The molecule has 2 nitrogen and oxygen atoms in total. The minimum absolute atomic E-state index is 0. The minimum atomic E-state index is -1.72. The van der Waals surface area contributed by atoms with Gasteiger partial charge in [0.1, 0.15) is 0 Å². The zero-order valence-corrected chi connectivity index (χ0v) is 31.6. The van der Waals surface area contributed by atoms with Gasteiger partial charge in [-0.25, -0.2) is 0 Å². The Labute approximate surface area is 287 Å². The van der Waals surface area contributed by atoms with Gasteiger partial charge in [0, 0.05) is 36.4 Å². The van der Waals surface area contributed by atoms with Crippen LogP contribution in [-0.4, -0.2) is 23.2 Å². The van der Waals surface area contributed by atoms with Gasteiger partial charge in [0.25, 0.3) is 0 Å². The number of hydrogen-bond acceptors (Lipinski definition) is 3. The van der Waals surface area contributed by atoms with Crippen molar-refractivity contribution in [3.8, 4) is 22.5 Å². The molecule has 0 amide bonds. The standard InChI is InChI=1S/C26H20NS.C14H16GeN.Ir/c1-26(2,18-9-4-3-5-10-18)19-15-16-27-23(17-19)22-13-8-12-21-20-11-6-7-14-24(20)28-25(21)22;1-15(2,3)13-9-10-14(16-11-13)12-7-5-4-6-8-12;/h3-12,14-17H,1-2H3;4-7,9-11H,1-3H3;/q2*-1;. The summed E-state index contributed by atoms with van der Waals surface area (Å²) in [7, 11) is 0. The van der Waals surface area contributed by atoms with E-state index in [4.69, 9.17) is 4.98 Å². The SMILES string of the molecule is CC(C)(c1ccccc1)c1ccnc(-c2[c-]ccc3c2sc2ccccc23)c1.[CH3][Ge]([CH3])([CH3])[c]1ccc(-c2[c-]cccc2)nc1.[Ir]. The normalized spacial score (nSPS) is 11.5. The molecule has 0 aliphatic carbocycles. The maximum absolute atomic E-state index is 4.71. The summed E-state index contributed by atoms with van der Waals surface area (Å²) >= 11 is 0.106. The molecule has 7 aromatic rings. The van der Waals surface area contributed by atoms with Crippen LogP contribution in [0.2, 0.25) is 17.3 Å². The summed E-state index contributed by atoms with van der Waals surface area (Å²) in [4.78, 5) is 9.24. The van der Waals surface area contributed by atoms with E-state index in [9.17, 15) is 0 Å². The molecule has 0 fully saturated rings. The van der Waals surface area contributed by atoms with E-state index in [1.807, 2.05) is 54.1 Å². The predicted octanol–water partition coefficient (Wildman–Crippen LogP) is 10.3. The van der Waals surface area contributed by atoms with Crippen molar-refractivity contribution in [1.29, 1.82) is 0 Å². The van der Waals surface area contributed by atoms with Gasteiger partial charge in [-0.15, -0.1) is 23.8 Å². The van der Waals surface area contributed by atoms with Gasteiger partial charge in [-0.05, 0) is 39.0 Å². The van der Waals surface area contributed by atoms with Crippen LogP contribution >= 0.6 is 11.3 Å². The molecule has 45 heavy (non-hydrogen) atoms. The van der Waals surface area contributed by atoms with Crippen LogP contribution in [-0.2, 0) is 25.5 Å². The first-order chi connectivity index (χ1) is 21.2. The average Bonchev–Trinajstić information content (AvgIpc) is 3.45. The minimum Gasteiger partial charge on any atom is 0 e. The molecule has 0 aliphatic rings. The van der Waals surface area contributed by atoms with Crippen molar-refractivity contribution >= 4 is 49.2 Å². The number of thiophene rings is 1. The maximum Gasteiger partial charge on any atom is 0 e. The molecule has 3 aromatic heterocycles. The Morgan fingerprint density at radius 2 is 1.42 bits per heavy atom. The van der Waals surface area contributed by atoms with Gasteiger partial charge in [-0.2, -0.15) is 11.3 Å². The van der Waals surface area contributed by atoms with Gasteiger partial charge in [0.15, 0.2) is 0 Å². The molecule has 0 bridgehead atoms. The topological polar surface area (TPSA) is 25.8 Å². The van der Waals surface area contributed by atoms with E-state index >= 15 is 0 Å². The molecule has 0 atom stereocenters. The van der Waals surface area contributed by atoms with E-state index in [2.05, 4.69) is 133 Å². The van der Waals surface area contributed by atoms with Gasteiger partial charge in [-0.1, -0.05) is 73.8 Å². The number of fused-ring (bicyclic) bond motifs is 3. The molecule has 0 unspecified atom stereocenters. The largest absolute Gasteiger partial charge is 0 e. The fraction of sp³-hybridized carbons (Fsp3) is 0.150. The van der Waals surface area contributed by atoms with Crippen LogP contribution in [0.4, 0.5) is 0 Å². The number of pyridine rings is 2. The van der Waals surface area contributed by atoms with E-state index in [-0.39, 0.29) is 25.5 Å². The molecule has 0 N–H and O–H groups in total. The van der Waals surface area contributed by atoms with Gasteiger partial charge in [0.05, 0.1) is 0 Å². The number of aromatic nitrogens is 2. The molecule has 227 valence electrons. The molecule has 1 radical (unpaired) electrons. The zero-order chi connectivity index (χ0) is 30.7. The van der Waals surface area contributed by atoms with Crippen molar-refractivity contribution in [2.75, 3.05) is 0 Å². The second-order valence-corrected chi connectivity index (χ2v) is 24.3. The summed E-state index contributed by atoms with van der Waals surface area (Å²) in [5.41, 5.74) is 6.62. The molecule has 0 aliphatic heterocycles. The van der Waals surface area contributed by atoms with Gasteiger partial charge in [-0.3, -0.25) is 0 Å². The van der Waals surface area contributed by atoms with Gasteiger partial charge >= 0.3 is 99.8 Å². The molecule has 7 rings (SSSR count). The van der Waals surface area contributed by atoms with Crippen LogP contribution in [0, 0.1) is 12.1 Å². The Morgan fingerprint density at radius 1 is 0.667 bits per heavy atom. The molecule has 3 heterocycles. The Kier molecular flexibility index (Phi) is 10.2. The van der Waals surface area contributed by atoms with E-state index in [1.54, 1.807) is 0 Å². The molecule has 0 saturated heterocycles. The summed E-state index contributed by atoms with van der Waals surface area (Å²) in [5, 5.41) is 2.59. The Hall–Kier alpha value is -3.41. The third kappa shape index (κ3) is 7.21. The van der Waals surface area contributed by atoms with Crippen LogP contribution in [0.15, 0.2) is 128 Å². The van der Waals surface area contributed by atoms with Crippen LogP contribution in [0.5, 0.6) is 0 Å². The quantitative estimate of drug-likeness (QED) is 0.127. The van der Waals surface area contributed by atoms with Crippen molar-refractivity contribution in [1.82, 2.24) is 9.97 Å². The fourth-order valence-corrected chi connectivity index (χ4v) is 8.79. The maximum atomic E-state index is 4.71. The Balaban J connectivity index is 0.000000202. The molecular weight excluding hydrogens is 805 g/mol. The summed E-state index contributed by atoms with van der Waals surface area (Å²) < 4.78 is 4.00. The van der Waals surface area contributed by atoms with Crippen LogP contribution in [0.3, 0.4) is 0 Å². The molecule has 0 saturated carbocycles. The van der Waals surface area contributed by atoms with Crippen molar-refractivity contribution in [3.05, 3.63) is 151 Å². The smallest absolute Gasteiger partial charge is 0 e. The van der Waals surface area contributed by atoms with E-state index in [1.165, 1.54) is 35.7 Å².